The van der Waals surface area contributed by atoms with Gasteiger partial charge in [-0.2, -0.15) is 0 Å². The van der Waals surface area contributed by atoms with E-state index in [1.807, 2.05) is 0 Å². The molecule has 2 aromatic carbocycles. The van der Waals surface area contributed by atoms with Crippen molar-refractivity contribution in [2.75, 3.05) is 0 Å². The molecule has 0 saturated heterocycles. The van der Waals surface area contributed by atoms with Crippen molar-refractivity contribution in [3.63, 3.8) is 0 Å². The van der Waals surface area contributed by atoms with Crippen molar-refractivity contribution in [1.82, 2.24) is 0 Å². The van der Waals surface area contributed by atoms with E-state index < -0.39 is 48.5 Å². The van der Waals surface area contributed by atoms with Crippen molar-refractivity contribution in [3.05, 3.63) is 82.4 Å². The van der Waals surface area contributed by atoms with E-state index in [1.54, 1.807) is 0 Å². The number of nitrogens with zero attached hydrogens (tertiary/aromatic N) is 4. The summed E-state index contributed by atoms with van der Waals surface area (Å²) in [6.45, 7) is 0. The zero-order valence-electron chi connectivity index (χ0n) is 12.8. The van der Waals surface area contributed by atoms with Gasteiger partial charge in [-0.1, -0.05) is 0 Å². The Morgan fingerprint density at radius 2 is 1.15 bits per heavy atom. The molecule has 2 aromatic rings. The molecule has 0 aliphatic heterocycles. The second-order valence-corrected chi connectivity index (χ2v) is 4.78. The van der Waals surface area contributed by atoms with Gasteiger partial charge in [-0.05, 0) is 12.1 Å². The van der Waals surface area contributed by atoms with Gasteiger partial charge in [0.25, 0.3) is 17.1 Å². The molecule has 0 amide bonds. The summed E-state index contributed by atoms with van der Waals surface area (Å²) < 4.78 is 4.71. The van der Waals surface area contributed by atoms with Crippen LogP contribution in [0, 0.1) is 40.5 Å². The van der Waals surface area contributed by atoms with Crippen molar-refractivity contribution in [3.8, 4) is 5.75 Å². The summed E-state index contributed by atoms with van der Waals surface area (Å²) >= 11 is 0. The van der Waals surface area contributed by atoms with Gasteiger partial charge in [0.15, 0.2) is 0 Å². The molecule has 14 nitrogen and oxygen atoms in total. The minimum Gasteiger partial charge on any atom is -0.408 e. The van der Waals surface area contributed by atoms with Gasteiger partial charge in [0.05, 0.1) is 37.4 Å². The van der Waals surface area contributed by atoms with Gasteiger partial charge in [0.1, 0.15) is 0 Å². The largest absolute Gasteiger partial charge is 0.408 e. The zero-order valence-corrected chi connectivity index (χ0v) is 12.8. The van der Waals surface area contributed by atoms with Crippen LogP contribution in [-0.2, 0) is 0 Å². The van der Waals surface area contributed by atoms with E-state index in [0.29, 0.717) is 12.1 Å². The van der Waals surface area contributed by atoms with Crippen LogP contribution < -0.4 is 4.74 Å². The molecule has 2 rings (SSSR count). The van der Waals surface area contributed by atoms with Gasteiger partial charge in [0, 0.05) is 12.1 Å². The van der Waals surface area contributed by atoms with Crippen LogP contribution >= 0.6 is 0 Å². The van der Waals surface area contributed by atoms with E-state index in [2.05, 4.69) is 0 Å². The third-order valence-corrected chi connectivity index (χ3v) is 3.15. The minimum atomic E-state index is -1.29. The quantitative estimate of drug-likeness (QED) is 0.311. The monoisotopic (exact) mass is 378 g/mol. The third kappa shape index (κ3) is 3.95. The number of hydrogen-bond acceptors (Lipinski definition) is 10. The van der Waals surface area contributed by atoms with Crippen LogP contribution in [0.25, 0.3) is 0 Å². The molecule has 0 aliphatic rings. The summed E-state index contributed by atoms with van der Waals surface area (Å²) in [7, 11) is 0. The van der Waals surface area contributed by atoms with Gasteiger partial charge in [-0.25, -0.2) is 4.79 Å². The number of ether oxygens (including phenoxy) is 1. The molecule has 0 spiro atoms. The van der Waals surface area contributed by atoms with E-state index in [-0.39, 0.29) is 11.3 Å². The summed E-state index contributed by atoms with van der Waals surface area (Å²) in [5, 5.41) is 43.6. The SMILES string of the molecule is O=C(Oc1c([N+](=O)[O-])cc([N+](=O)[O-])cc1[N+](=O)[O-])c1ccc([N+](=O)[O-])cc1. The normalized spacial score (nSPS) is 10.1. The molecule has 138 valence electrons. The first-order valence-electron chi connectivity index (χ1n) is 6.69. The highest BCUT2D eigenvalue weighted by atomic mass is 16.6. The number of nitro benzene ring substituents is 4. The lowest BCUT2D eigenvalue weighted by atomic mass is 10.2. The smallest absolute Gasteiger partial charge is 0.344 e. The molecule has 0 bridgehead atoms. The highest BCUT2D eigenvalue weighted by molar-refractivity contribution is 5.92. The van der Waals surface area contributed by atoms with Crippen LogP contribution in [0.15, 0.2) is 36.4 Å². The summed E-state index contributed by atoms with van der Waals surface area (Å²) in [6, 6.07) is 4.68. The second kappa shape index (κ2) is 7.18. The number of hydrogen-bond donors (Lipinski definition) is 0. The lowest BCUT2D eigenvalue weighted by molar-refractivity contribution is -0.404. The number of carbonyl (C=O) groups is 1. The Hall–Kier alpha value is -4.49. The molecule has 14 heteroatoms. The zero-order chi connectivity index (χ0) is 20.3. The van der Waals surface area contributed by atoms with E-state index >= 15 is 0 Å². The summed E-state index contributed by atoms with van der Waals surface area (Å²) in [5.74, 6) is -2.39. The Morgan fingerprint density at radius 1 is 0.704 bits per heavy atom. The molecule has 0 radical (unpaired) electrons. The van der Waals surface area contributed by atoms with Gasteiger partial charge in [-0.3, -0.25) is 40.5 Å². The summed E-state index contributed by atoms with van der Waals surface area (Å²) in [4.78, 5) is 51.5. The molecule has 0 saturated carbocycles. The predicted molar refractivity (Wildman–Crippen MR) is 84.5 cm³/mol. The van der Waals surface area contributed by atoms with E-state index in [9.17, 15) is 45.3 Å². The van der Waals surface area contributed by atoms with Gasteiger partial charge < -0.3 is 4.74 Å². The molecule has 0 N–H and O–H groups in total. The van der Waals surface area contributed by atoms with E-state index in [4.69, 9.17) is 4.74 Å². The molecule has 27 heavy (non-hydrogen) atoms. The maximum atomic E-state index is 12.1. The first-order chi connectivity index (χ1) is 12.6. The fourth-order valence-corrected chi connectivity index (χ4v) is 1.94. The van der Waals surface area contributed by atoms with Gasteiger partial charge in [-0.15, -0.1) is 0 Å². The average Bonchev–Trinajstić information content (AvgIpc) is 2.61. The van der Waals surface area contributed by atoms with Crippen molar-refractivity contribution in [2.24, 2.45) is 0 Å². The Labute approximate surface area is 147 Å². The maximum Gasteiger partial charge on any atom is 0.344 e. The van der Waals surface area contributed by atoms with Crippen LogP contribution in [0.5, 0.6) is 5.75 Å². The molecule has 0 aromatic heterocycles. The van der Waals surface area contributed by atoms with Gasteiger partial charge >= 0.3 is 17.3 Å². The fourth-order valence-electron chi connectivity index (χ4n) is 1.94. The number of benzene rings is 2. The van der Waals surface area contributed by atoms with Crippen molar-refractivity contribution in [2.45, 2.75) is 0 Å². The summed E-state index contributed by atoms with van der Waals surface area (Å²) in [6.07, 6.45) is 0. The highest BCUT2D eigenvalue weighted by Crippen LogP contribution is 2.40. The molecule has 0 unspecified atom stereocenters. The summed E-state index contributed by atoms with van der Waals surface area (Å²) in [5.41, 5.74) is -3.90. The number of rotatable bonds is 6. The Morgan fingerprint density at radius 3 is 1.52 bits per heavy atom. The molecular formula is C13H6N4O10. The van der Waals surface area contributed by atoms with Crippen LogP contribution in [-0.4, -0.2) is 25.7 Å². The molecule has 0 atom stereocenters. The van der Waals surface area contributed by atoms with Crippen molar-refractivity contribution >= 4 is 28.7 Å². The standard InChI is InChI=1S/C13H6N4O10/c18-13(7-1-3-8(4-2-7)14(19)20)27-12-10(16(23)24)5-9(15(21)22)6-11(12)17(25)26/h1-6H. The maximum absolute atomic E-state index is 12.1. The second-order valence-electron chi connectivity index (χ2n) is 4.78. The van der Waals surface area contributed by atoms with E-state index in [1.165, 1.54) is 0 Å². The van der Waals surface area contributed by atoms with Crippen molar-refractivity contribution in [1.29, 1.82) is 0 Å². The first kappa shape index (κ1) is 18.8. The average molecular weight is 378 g/mol. The number of carbonyl (C=O) groups excluding carboxylic acids is 1. The Kier molecular flexibility index (Phi) is 5.01. The molecule has 0 heterocycles. The molecular weight excluding hydrogens is 372 g/mol. The van der Waals surface area contributed by atoms with Crippen LogP contribution in [0.1, 0.15) is 10.4 Å². The number of esters is 1. The van der Waals surface area contributed by atoms with Crippen LogP contribution in [0.4, 0.5) is 22.7 Å². The van der Waals surface area contributed by atoms with Crippen LogP contribution in [0.3, 0.4) is 0 Å². The molecule has 0 aliphatic carbocycles. The topological polar surface area (TPSA) is 199 Å². The predicted octanol–water partition coefficient (Wildman–Crippen LogP) is 2.54. The third-order valence-electron chi connectivity index (χ3n) is 3.15. The van der Waals surface area contributed by atoms with Crippen molar-refractivity contribution < 1.29 is 29.2 Å². The van der Waals surface area contributed by atoms with E-state index in [0.717, 1.165) is 24.3 Å². The fraction of sp³-hybridized carbons (Fsp3) is 0. The number of nitro groups is 4. The van der Waals surface area contributed by atoms with Gasteiger partial charge in [0.2, 0.25) is 0 Å². The lowest BCUT2D eigenvalue weighted by Crippen LogP contribution is -2.11. The minimum absolute atomic E-state index is 0.289. The Bertz CT molecular complexity index is 950. The van der Waals surface area contributed by atoms with Crippen LogP contribution in [0.2, 0.25) is 0 Å². The lowest BCUT2D eigenvalue weighted by Gasteiger charge is -2.06. The Balaban J connectivity index is 2.51. The highest BCUT2D eigenvalue weighted by Gasteiger charge is 2.34. The number of non-ortho nitro benzene ring substituents is 2. The first-order valence-corrected chi connectivity index (χ1v) is 6.69. The molecule has 0 fully saturated rings.